The lowest BCUT2D eigenvalue weighted by molar-refractivity contribution is 0.0193. The van der Waals surface area contributed by atoms with Gasteiger partial charge < -0.3 is 25.2 Å². The van der Waals surface area contributed by atoms with Crippen LogP contribution in [0.3, 0.4) is 0 Å². The number of carbonyl (C=O) groups excluding carboxylic acids is 1. The Kier molecular flexibility index (Phi) is 10.4. The van der Waals surface area contributed by atoms with Crippen molar-refractivity contribution in [3.63, 3.8) is 0 Å². The zero-order valence-corrected chi connectivity index (χ0v) is 21.6. The molecule has 1 saturated heterocycles. The Balaban J connectivity index is 0.00000450. The molecule has 2 rings (SSSR count). The van der Waals surface area contributed by atoms with E-state index < -0.39 is 5.60 Å². The zero-order valence-electron chi connectivity index (χ0n) is 19.3. The number of hydrogen-bond acceptors (Lipinski definition) is 5. The number of ether oxygens (including phenoxy) is 1. The summed E-state index contributed by atoms with van der Waals surface area (Å²) >= 11 is 0. The summed E-state index contributed by atoms with van der Waals surface area (Å²) in [7, 11) is 7.78. The molecule has 0 aliphatic carbocycles. The van der Waals surface area contributed by atoms with Crippen molar-refractivity contribution in [3.8, 4) is 0 Å². The predicted molar refractivity (Wildman–Crippen MR) is 130 cm³/mol. The number of nitrogens with one attached hydrogen (secondary N) is 2. The molecule has 1 fully saturated rings. The number of hydrogen-bond donors (Lipinski definition) is 2. The minimum absolute atomic E-state index is 0. The van der Waals surface area contributed by atoms with Crippen molar-refractivity contribution in [1.29, 1.82) is 0 Å². The number of piperidine rings is 1. The summed E-state index contributed by atoms with van der Waals surface area (Å²) in [6.07, 6.45) is 5.59. The first kappa shape index (κ1) is 26.5. The van der Waals surface area contributed by atoms with Crippen LogP contribution >= 0.6 is 24.0 Å². The van der Waals surface area contributed by atoms with Gasteiger partial charge in [0.2, 0.25) is 0 Å². The van der Waals surface area contributed by atoms with Crippen LogP contribution in [0.4, 0.5) is 4.79 Å². The number of likely N-dealkylation sites (tertiary alicyclic amines) is 1. The van der Waals surface area contributed by atoms with Crippen LogP contribution in [-0.4, -0.2) is 84.1 Å². The van der Waals surface area contributed by atoms with Crippen molar-refractivity contribution in [2.24, 2.45) is 12.0 Å². The van der Waals surface area contributed by atoms with E-state index in [1.165, 1.54) is 0 Å². The molecule has 1 aromatic heterocycles. The Hall–Kier alpha value is -1.56. The highest BCUT2D eigenvalue weighted by Crippen LogP contribution is 2.17. The Labute approximate surface area is 197 Å². The second kappa shape index (κ2) is 11.7. The Bertz CT molecular complexity index is 700. The number of carbonyl (C=O) groups is 1. The van der Waals surface area contributed by atoms with Crippen LogP contribution in [0.1, 0.15) is 45.2 Å². The second-order valence-electron chi connectivity index (χ2n) is 8.79. The number of halogens is 1. The van der Waals surface area contributed by atoms with E-state index in [2.05, 4.69) is 39.7 Å². The molecule has 1 aliphatic rings. The van der Waals surface area contributed by atoms with Gasteiger partial charge in [-0.1, -0.05) is 0 Å². The molecule has 172 valence electrons. The highest BCUT2D eigenvalue weighted by Gasteiger charge is 2.28. The molecule has 2 N–H and O–H groups in total. The number of aromatic nitrogens is 2. The Morgan fingerprint density at radius 3 is 2.67 bits per heavy atom. The van der Waals surface area contributed by atoms with Gasteiger partial charge in [-0.3, -0.25) is 9.67 Å². The summed E-state index contributed by atoms with van der Waals surface area (Å²) in [5, 5.41) is 11.1. The Morgan fingerprint density at radius 2 is 2.13 bits per heavy atom. The third kappa shape index (κ3) is 8.29. The fourth-order valence-electron chi connectivity index (χ4n) is 3.38. The molecule has 30 heavy (non-hydrogen) atoms. The van der Waals surface area contributed by atoms with Gasteiger partial charge >= 0.3 is 6.09 Å². The van der Waals surface area contributed by atoms with Crippen molar-refractivity contribution >= 4 is 36.0 Å². The predicted octanol–water partition coefficient (Wildman–Crippen LogP) is 2.21. The maximum Gasteiger partial charge on any atom is 0.410 e. The summed E-state index contributed by atoms with van der Waals surface area (Å²) < 4.78 is 7.32. The number of rotatable bonds is 5. The molecular formula is C20H38IN7O2. The van der Waals surface area contributed by atoms with Gasteiger partial charge in [-0.25, -0.2) is 4.79 Å². The molecule has 10 heteroatoms. The van der Waals surface area contributed by atoms with Gasteiger partial charge in [-0.2, -0.15) is 5.10 Å². The summed E-state index contributed by atoms with van der Waals surface area (Å²) in [5.74, 6) is 0.733. The SMILES string of the molecule is CN=C(NCC(c1cnn(C)c1)N(C)C)NC1CCCN(C(=O)OC(C)(C)C)C1.I. The molecule has 1 amide bonds. The molecule has 0 saturated carbocycles. The lowest BCUT2D eigenvalue weighted by Gasteiger charge is -2.35. The molecule has 1 aromatic rings. The summed E-state index contributed by atoms with van der Waals surface area (Å²) in [6.45, 7) is 7.69. The second-order valence-corrected chi connectivity index (χ2v) is 8.79. The van der Waals surface area contributed by atoms with Crippen molar-refractivity contribution in [1.82, 2.24) is 30.2 Å². The van der Waals surface area contributed by atoms with E-state index >= 15 is 0 Å². The van der Waals surface area contributed by atoms with Crippen molar-refractivity contribution in [2.75, 3.05) is 40.8 Å². The molecule has 0 spiro atoms. The van der Waals surface area contributed by atoms with Crippen LogP contribution in [0.25, 0.3) is 0 Å². The van der Waals surface area contributed by atoms with Crippen LogP contribution < -0.4 is 10.6 Å². The minimum Gasteiger partial charge on any atom is -0.444 e. The van der Waals surface area contributed by atoms with E-state index in [-0.39, 0.29) is 42.2 Å². The molecule has 2 unspecified atom stereocenters. The van der Waals surface area contributed by atoms with Crippen LogP contribution in [0.2, 0.25) is 0 Å². The first-order chi connectivity index (χ1) is 13.6. The van der Waals surface area contributed by atoms with Gasteiger partial charge in [0.05, 0.1) is 12.2 Å². The van der Waals surface area contributed by atoms with E-state index in [0.29, 0.717) is 13.1 Å². The lowest BCUT2D eigenvalue weighted by Crippen LogP contribution is -2.53. The van der Waals surface area contributed by atoms with Gasteiger partial charge in [-0.05, 0) is 47.7 Å². The third-order valence-corrected chi connectivity index (χ3v) is 4.83. The first-order valence-corrected chi connectivity index (χ1v) is 10.2. The zero-order chi connectivity index (χ0) is 21.6. The largest absolute Gasteiger partial charge is 0.444 e. The normalized spacial score (nSPS) is 18.6. The van der Waals surface area contributed by atoms with E-state index in [1.54, 1.807) is 11.9 Å². The number of amides is 1. The van der Waals surface area contributed by atoms with Crippen LogP contribution in [0.15, 0.2) is 17.4 Å². The van der Waals surface area contributed by atoms with Crippen molar-refractivity contribution in [2.45, 2.75) is 51.3 Å². The summed E-state index contributed by atoms with van der Waals surface area (Å²) in [4.78, 5) is 20.7. The molecule has 2 atom stereocenters. The van der Waals surface area contributed by atoms with Gasteiger partial charge in [-0.15, -0.1) is 24.0 Å². The number of likely N-dealkylation sites (N-methyl/N-ethyl adjacent to an activating group) is 1. The fourth-order valence-corrected chi connectivity index (χ4v) is 3.38. The van der Waals surface area contributed by atoms with Gasteiger partial charge in [0.1, 0.15) is 5.60 Å². The third-order valence-electron chi connectivity index (χ3n) is 4.83. The topological polar surface area (TPSA) is 87.0 Å². The maximum absolute atomic E-state index is 12.4. The van der Waals surface area contributed by atoms with Gasteiger partial charge in [0.25, 0.3) is 0 Å². The molecule has 9 nitrogen and oxygen atoms in total. The van der Waals surface area contributed by atoms with Gasteiger partial charge in [0.15, 0.2) is 5.96 Å². The lowest BCUT2D eigenvalue weighted by atomic mass is 10.1. The van der Waals surface area contributed by atoms with Crippen LogP contribution in [-0.2, 0) is 11.8 Å². The molecular weight excluding hydrogens is 497 g/mol. The number of nitrogens with zero attached hydrogens (tertiary/aromatic N) is 5. The van der Waals surface area contributed by atoms with Crippen LogP contribution in [0.5, 0.6) is 0 Å². The molecule has 0 radical (unpaired) electrons. The van der Waals surface area contributed by atoms with Crippen LogP contribution in [0, 0.1) is 0 Å². The molecule has 0 bridgehead atoms. The number of guanidine groups is 1. The van der Waals surface area contributed by atoms with Crippen molar-refractivity contribution < 1.29 is 9.53 Å². The smallest absolute Gasteiger partial charge is 0.410 e. The average molecular weight is 535 g/mol. The molecule has 2 heterocycles. The van der Waals surface area contributed by atoms with Gasteiger partial charge in [0, 0.05) is 51.5 Å². The number of aliphatic imine (C=N–C) groups is 1. The van der Waals surface area contributed by atoms with E-state index in [1.807, 2.05) is 44.9 Å². The highest BCUT2D eigenvalue weighted by atomic mass is 127. The van der Waals surface area contributed by atoms with E-state index in [4.69, 9.17) is 4.74 Å². The minimum atomic E-state index is -0.484. The van der Waals surface area contributed by atoms with E-state index in [0.717, 1.165) is 30.9 Å². The van der Waals surface area contributed by atoms with E-state index in [9.17, 15) is 4.79 Å². The fraction of sp³-hybridized carbons (Fsp3) is 0.750. The average Bonchev–Trinajstić information content (AvgIpc) is 3.05. The molecule has 1 aliphatic heterocycles. The van der Waals surface area contributed by atoms with Crippen molar-refractivity contribution in [3.05, 3.63) is 18.0 Å². The molecule has 0 aromatic carbocycles. The quantitative estimate of drug-likeness (QED) is 0.342. The summed E-state index contributed by atoms with van der Waals surface area (Å²) in [5.41, 5.74) is 0.664. The highest BCUT2D eigenvalue weighted by molar-refractivity contribution is 14.0. The standard InChI is InChI=1S/C20H37N7O2.HI/c1-20(2,3)29-19(28)27-10-8-9-16(14-27)24-18(21-4)22-12-17(25(5)6)15-11-23-26(7)13-15;/h11,13,16-17H,8-10,12,14H2,1-7H3,(H2,21,22,24);1H. The Morgan fingerprint density at radius 1 is 1.43 bits per heavy atom. The number of aryl methyl sites for hydroxylation is 1. The summed E-state index contributed by atoms with van der Waals surface area (Å²) in [6, 6.07) is 0.311. The monoisotopic (exact) mass is 535 g/mol. The maximum atomic E-state index is 12.4. The first-order valence-electron chi connectivity index (χ1n) is 10.2.